The number of nitrogens with one attached hydrogen (secondary N) is 1. The average Bonchev–Trinajstić information content (AvgIpc) is 2.11. The lowest BCUT2D eigenvalue weighted by atomic mass is 10.1. The molecule has 0 aromatic heterocycles. The van der Waals surface area contributed by atoms with Crippen molar-refractivity contribution in [1.29, 1.82) is 0 Å². The van der Waals surface area contributed by atoms with Gasteiger partial charge in [-0.15, -0.1) is 0 Å². The highest BCUT2D eigenvalue weighted by Crippen LogP contribution is 2.30. The molecule has 0 fully saturated rings. The summed E-state index contributed by atoms with van der Waals surface area (Å²) in [5.74, 6) is -0.705. The van der Waals surface area contributed by atoms with E-state index in [1.807, 2.05) is 0 Å². The minimum atomic E-state index is -3.93. The monoisotopic (exact) mass is 314 g/mol. The third-order valence-electron chi connectivity index (χ3n) is 1.95. The van der Waals surface area contributed by atoms with Crippen molar-refractivity contribution >= 4 is 33.2 Å². The Morgan fingerprint density at radius 2 is 1.78 bits per heavy atom. The molecule has 8 heteroatoms. The predicted octanol–water partition coefficient (Wildman–Crippen LogP) is 2.15. The highest BCUT2D eigenvalue weighted by atomic mass is 35.5. The summed E-state index contributed by atoms with van der Waals surface area (Å²) < 4.78 is 39.2. The second-order valence-electron chi connectivity index (χ2n) is 4.51. The Bertz CT molecular complexity index is 532. The fraction of sp³-hybridized carbons (Fsp3) is 0.400. The van der Waals surface area contributed by atoms with Crippen molar-refractivity contribution in [2.75, 3.05) is 6.54 Å². The molecule has 0 aliphatic rings. The van der Waals surface area contributed by atoms with E-state index in [1.165, 1.54) is 0 Å². The number of rotatable bonds is 4. The topological polar surface area (TPSA) is 72.2 Å². The molecule has 1 aromatic rings. The lowest BCUT2D eigenvalue weighted by Gasteiger charge is -2.19. The highest BCUT2D eigenvalue weighted by Gasteiger charge is 2.24. The molecule has 0 heterocycles. The number of hydrogen-bond acceptors (Lipinski definition) is 3. The van der Waals surface area contributed by atoms with Crippen LogP contribution in [-0.4, -0.2) is 20.5 Å². The molecule has 0 amide bonds. The SMILES string of the molecule is CC(C)(N)CNS(=O)(=O)c1c(Cl)cc(F)cc1Cl. The maximum atomic E-state index is 13.0. The average molecular weight is 315 g/mol. The molecule has 1 aromatic carbocycles. The molecule has 0 unspecified atom stereocenters. The van der Waals surface area contributed by atoms with E-state index in [4.69, 9.17) is 28.9 Å². The molecule has 3 N–H and O–H groups in total. The summed E-state index contributed by atoms with van der Waals surface area (Å²) in [6.07, 6.45) is 0. The second-order valence-corrected chi connectivity index (χ2v) is 7.03. The Morgan fingerprint density at radius 1 is 1.33 bits per heavy atom. The van der Waals surface area contributed by atoms with E-state index in [0.29, 0.717) is 0 Å². The van der Waals surface area contributed by atoms with Crippen LogP contribution in [-0.2, 0) is 10.0 Å². The van der Waals surface area contributed by atoms with Gasteiger partial charge in [0.2, 0.25) is 10.0 Å². The van der Waals surface area contributed by atoms with Crippen LogP contribution < -0.4 is 10.5 Å². The van der Waals surface area contributed by atoms with Gasteiger partial charge in [-0.25, -0.2) is 17.5 Å². The first-order valence-electron chi connectivity index (χ1n) is 4.96. The molecule has 0 atom stereocenters. The normalized spacial score (nSPS) is 12.8. The van der Waals surface area contributed by atoms with Crippen LogP contribution in [0.2, 0.25) is 10.0 Å². The summed E-state index contributed by atoms with van der Waals surface area (Å²) in [5, 5.41) is -0.551. The van der Waals surface area contributed by atoms with Crippen molar-refractivity contribution in [3.05, 3.63) is 28.0 Å². The number of benzene rings is 1. The van der Waals surface area contributed by atoms with Crippen LogP contribution in [0.3, 0.4) is 0 Å². The zero-order chi connectivity index (χ0) is 14.1. The van der Waals surface area contributed by atoms with Crippen LogP contribution in [0.25, 0.3) is 0 Å². The smallest absolute Gasteiger partial charge is 0.243 e. The Hall–Kier alpha value is -0.400. The Labute approximate surface area is 115 Å². The van der Waals surface area contributed by atoms with Gasteiger partial charge in [0, 0.05) is 12.1 Å². The summed E-state index contributed by atoms with van der Waals surface area (Å²) in [5.41, 5.74) is 4.94. The number of nitrogens with two attached hydrogens (primary N) is 1. The lowest BCUT2D eigenvalue weighted by molar-refractivity contribution is 0.498. The summed E-state index contributed by atoms with van der Waals surface area (Å²) in [4.78, 5) is -0.350. The van der Waals surface area contributed by atoms with E-state index >= 15 is 0 Å². The summed E-state index contributed by atoms with van der Waals surface area (Å²) in [7, 11) is -3.93. The van der Waals surface area contributed by atoms with Gasteiger partial charge >= 0.3 is 0 Å². The molecule has 4 nitrogen and oxygen atoms in total. The van der Waals surface area contributed by atoms with E-state index in [1.54, 1.807) is 13.8 Å². The molecule has 18 heavy (non-hydrogen) atoms. The Kier molecular flexibility index (Phi) is 4.61. The second kappa shape index (κ2) is 5.30. The minimum Gasteiger partial charge on any atom is -0.324 e. The standard InChI is InChI=1S/C10H13Cl2FN2O2S/c1-10(2,14)5-15-18(16,17)9-7(11)3-6(13)4-8(9)12/h3-4,15H,5,14H2,1-2H3. The van der Waals surface area contributed by atoms with Gasteiger partial charge in [0.05, 0.1) is 10.0 Å². The van der Waals surface area contributed by atoms with Crippen LogP contribution in [0.4, 0.5) is 4.39 Å². The van der Waals surface area contributed by atoms with E-state index < -0.39 is 21.4 Å². The molecule has 0 spiro atoms. The van der Waals surface area contributed by atoms with Crippen molar-refractivity contribution in [1.82, 2.24) is 4.72 Å². The number of halogens is 3. The first-order chi connectivity index (χ1) is 8.03. The van der Waals surface area contributed by atoms with E-state index in [2.05, 4.69) is 4.72 Å². The summed E-state index contributed by atoms with van der Waals surface area (Å²) in [6, 6.07) is 1.77. The van der Waals surface area contributed by atoms with Gasteiger partial charge in [-0.3, -0.25) is 0 Å². The molecule has 0 aliphatic carbocycles. The first kappa shape index (κ1) is 15.7. The maximum absolute atomic E-state index is 13.0. The highest BCUT2D eigenvalue weighted by molar-refractivity contribution is 7.89. The molecule has 0 radical (unpaired) electrons. The van der Waals surface area contributed by atoms with Gasteiger partial charge in [-0.1, -0.05) is 23.2 Å². The van der Waals surface area contributed by atoms with Gasteiger partial charge in [0.15, 0.2) is 0 Å². The number of sulfonamides is 1. The zero-order valence-corrected chi connectivity index (χ0v) is 12.1. The van der Waals surface area contributed by atoms with Gasteiger partial charge < -0.3 is 5.73 Å². The van der Waals surface area contributed by atoms with Crippen LogP contribution in [0.15, 0.2) is 17.0 Å². The van der Waals surface area contributed by atoms with E-state index in [9.17, 15) is 12.8 Å². The van der Waals surface area contributed by atoms with Crippen molar-refractivity contribution in [3.63, 3.8) is 0 Å². The van der Waals surface area contributed by atoms with Gasteiger partial charge in [0.1, 0.15) is 10.7 Å². The van der Waals surface area contributed by atoms with Crippen molar-refractivity contribution in [3.8, 4) is 0 Å². The van der Waals surface area contributed by atoms with Crippen molar-refractivity contribution in [2.24, 2.45) is 5.73 Å². The van der Waals surface area contributed by atoms with Gasteiger partial charge in [0.25, 0.3) is 0 Å². The van der Waals surface area contributed by atoms with Crippen LogP contribution >= 0.6 is 23.2 Å². The Morgan fingerprint density at radius 3 is 2.17 bits per heavy atom. The molecule has 1 rings (SSSR count). The van der Waals surface area contributed by atoms with Crippen LogP contribution in [0.5, 0.6) is 0 Å². The molecular formula is C10H13Cl2FN2O2S. The van der Waals surface area contributed by atoms with Gasteiger partial charge in [-0.05, 0) is 26.0 Å². The summed E-state index contributed by atoms with van der Waals surface area (Å²) >= 11 is 11.4. The lowest BCUT2D eigenvalue weighted by Crippen LogP contribution is -2.45. The van der Waals surface area contributed by atoms with E-state index in [0.717, 1.165) is 12.1 Å². The molecule has 0 saturated heterocycles. The largest absolute Gasteiger partial charge is 0.324 e. The fourth-order valence-corrected chi connectivity index (χ4v) is 3.55. The molecular weight excluding hydrogens is 302 g/mol. The predicted molar refractivity (Wildman–Crippen MR) is 69.9 cm³/mol. The van der Waals surface area contributed by atoms with Gasteiger partial charge in [-0.2, -0.15) is 0 Å². The zero-order valence-electron chi connectivity index (χ0n) is 9.80. The van der Waals surface area contributed by atoms with E-state index in [-0.39, 0.29) is 21.5 Å². The molecule has 0 aliphatic heterocycles. The number of hydrogen-bond donors (Lipinski definition) is 2. The van der Waals surface area contributed by atoms with Crippen molar-refractivity contribution in [2.45, 2.75) is 24.3 Å². The maximum Gasteiger partial charge on any atom is 0.243 e. The quantitative estimate of drug-likeness (QED) is 0.894. The third kappa shape index (κ3) is 4.07. The van der Waals surface area contributed by atoms with Crippen LogP contribution in [0.1, 0.15) is 13.8 Å². The summed E-state index contributed by atoms with van der Waals surface area (Å²) in [6.45, 7) is 3.31. The molecule has 102 valence electrons. The minimum absolute atomic E-state index is 0.000627. The van der Waals surface area contributed by atoms with Crippen molar-refractivity contribution < 1.29 is 12.8 Å². The first-order valence-corrected chi connectivity index (χ1v) is 7.20. The third-order valence-corrected chi connectivity index (χ3v) is 4.27. The Balaban J connectivity index is 3.14. The van der Waals surface area contributed by atoms with Crippen LogP contribution in [0, 0.1) is 5.82 Å². The molecule has 0 bridgehead atoms. The molecule has 0 saturated carbocycles. The fourth-order valence-electron chi connectivity index (χ4n) is 1.14.